The molecule has 0 spiro atoms. The third-order valence-corrected chi connectivity index (χ3v) is 8.12. The summed E-state index contributed by atoms with van der Waals surface area (Å²) in [7, 11) is 0. The monoisotopic (exact) mass is 453 g/mol. The van der Waals surface area contributed by atoms with Crippen LogP contribution in [-0.2, 0) is 13.0 Å². The van der Waals surface area contributed by atoms with Gasteiger partial charge in [0.2, 0.25) is 0 Å². The molecule has 0 radical (unpaired) electrons. The maximum Gasteiger partial charge on any atom is 0.253 e. The molecule has 0 bridgehead atoms. The first-order valence-corrected chi connectivity index (χ1v) is 12.7. The molecule has 6 heteroatoms. The number of piperidine rings is 1. The summed E-state index contributed by atoms with van der Waals surface area (Å²) in [5.74, 6) is 1.60. The van der Waals surface area contributed by atoms with Crippen LogP contribution < -0.4 is 0 Å². The molecule has 1 amide bonds. The molecule has 2 aromatic carbocycles. The topological polar surface area (TPSA) is 65.2 Å². The van der Waals surface area contributed by atoms with Gasteiger partial charge in [-0.05, 0) is 67.6 Å². The molecule has 6 nitrogen and oxygen atoms in total. The van der Waals surface area contributed by atoms with Crippen LogP contribution in [0.25, 0.3) is 11.0 Å². The second kappa shape index (κ2) is 8.88. The number of nitriles is 1. The van der Waals surface area contributed by atoms with E-state index in [1.54, 1.807) is 24.3 Å². The first kappa shape index (κ1) is 21.4. The number of benzene rings is 2. The van der Waals surface area contributed by atoms with Crippen LogP contribution in [0.1, 0.15) is 65.3 Å². The Labute approximate surface area is 200 Å². The van der Waals surface area contributed by atoms with E-state index in [4.69, 9.17) is 10.2 Å². The van der Waals surface area contributed by atoms with Crippen molar-refractivity contribution in [3.63, 3.8) is 0 Å². The molecule has 0 N–H and O–H groups in total. The molecule has 2 aliphatic heterocycles. The quantitative estimate of drug-likeness (QED) is 0.592. The molecule has 3 aromatic rings. The zero-order valence-corrected chi connectivity index (χ0v) is 19.6. The first-order chi connectivity index (χ1) is 16.7. The van der Waals surface area contributed by atoms with E-state index in [1.807, 2.05) is 4.90 Å². The molecule has 1 saturated carbocycles. The number of amides is 1. The van der Waals surface area contributed by atoms with E-state index in [0.717, 1.165) is 63.5 Å². The smallest absolute Gasteiger partial charge is 0.253 e. The van der Waals surface area contributed by atoms with Gasteiger partial charge in [0.15, 0.2) is 0 Å². The van der Waals surface area contributed by atoms with E-state index in [2.05, 4.69) is 33.7 Å². The van der Waals surface area contributed by atoms with Gasteiger partial charge in [-0.3, -0.25) is 9.69 Å². The standard InChI is InChI=1S/C28H31N5O/c29-18-20-6-8-21(9-7-20)28(34)32-13-2-3-23(19-32)22-10-11-26-25(17-22)30-27-12-14-31(15-16-33(26)27)24-4-1-5-24/h6-11,17,23-24H,1-5,12-16,19H2. The summed E-state index contributed by atoms with van der Waals surface area (Å²) < 4.78 is 2.43. The van der Waals surface area contributed by atoms with Gasteiger partial charge in [-0.25, -0.2) is 4.98 Å². The van der Waals surface area contributed by atoms with Gasteiger partial charge in [-0.2, -0.15) is 5.26 Å². The molecule has 6 rings (SSSR count). The Morgan fingerprint density at radius 1 is 0.971 bits per heavy atom. The highest BCUT2D eigenvalue weighted by Crippen LogP contribution is 2.31. The lowest BCUT2D eigenvalue weighted by atomic mass is 9.90. The SMILES string of the molecule is N#Cc1ccc(C(=O)N2CCCC(c3ccc4c(c3)nc3n4CCN(C4CCC4)CC3)C2)cc1. The van der Waals surface area contributed by atoms with Crippen molar-refractivity contribution in [2.24, 2.45) is 0 Å². The summed E-state index contributed by atoms with van der Waals surface area (Å²) in [4.78, 5) is 22.8. The van der Waals surface area contributed by atoms with Crippen molar-refractivity contribution in [3.05, 3.63) is 65.0 Å². The maximum absolute atomic E-state index is 13.1. The van der Waals surface area contributed by atoms with Crippen molar-refractivity contribution < 1.29 is 4.79 Å². The van der Waals surface area contributed by atoms with Gasteiger partial charge in [0.1, 0.15) is 5.82 Å². The van der Waals surface area contributed by atoms with Gasteiger partial charge in [-0.1, -0.05) is 12.5 Å². The Kier molecular flexibility index (Phi) is 5.58. The Bertz CT molecular complexity index is 1250. The van der Waals surface area contributed by atoms with Gasteiger partial charge in [0, 0.05) is 56.7 Å². The molecule has 3 heterocycles. The number of hydrogen-bond acceptors (Lipinski definition) is 4. The van der Waals surface area contributed by atoms with Crippen LogP contribution in [0, 0.1) is 11.3 Å². The summed E-state index contributed by atoms with van der Waals surface area (Å²) in [6.07, 6.45) is 7.22. The molecule has 1 atom stereocenters. The number of aromatic nitrogens is 2. The fourth-order valence-corrected chi connectivity index (χ4v) is 5.90. The van der Waals surface area contributed by atoms with Crippen molar-refractivity contribution in [1.82, 2.24) is 19.4 Å². The van der Waals surface area contributed by atoms with Gasteiger partial charge < -0.3 is 9.47 Å². The van der Waals surface area contributed by atoms with Gasteiger partial charge in [-0.15, -0.1) is 0 Å². The van der Waals surface area contributed by atoms with Crippen molar-refractivity contribution in [2.75, 3.05) is 26.2 Å². The second-order valence-electron chi connectivity index (χ2n) is 10.1. The lowest BCUT2D eigenvalue weighted by molar-refractivity contribution is 0.0707. The van der Waals surface area contributed by atoms with Crippen LogP contribution >= 0.6 is 0 Å². The average Bonchev–Trinajstić information content (AvgIpc) is 3.08. The second-order valence-corrected chi connectivity index (χ2v) is 10.1. The van der Waals surface area contributed by atoms with Crippen molar-refractivity contribution in [1.29, 1.82) is 5.26 Å². The number of rotatable bonds is 3. The molecule has 174 valence electrons. The highest BCUT2D eigenvalue weighted by atomic mass is 16.2. The minimum Gasteiger partial charge on any atom is -0.338 e. The number of carbonyl (C=O) groups is 1. The van der Waals surface area contributed by atoms with Gasteiger partial charge in [0.05, 0.1) is 22.7 Å². The third kappa shape index (κ3) is 3.88. The largest absolute Gasteiger partial charge is 0.338 e. The van der Waals surface area contributed by atoms with Crippen LogP contribution in [0.4, 0.5) is 0 Å². The van der Waals surface area contributed by atoms with Crippen LogP contribution in [0.15, 0.2) is 42.5 Å². The summed E-state index contributed by atoms with van der Waals surface area (Å²) in [5.41, 5.74) is 4.87. The average molecular weight is 454 g/mol. The third-order valence-electron chi connectivity index (χ3n) is 8.12. The fraction of sp³-hybridized carbons (Fsp3) is 0.464. The molecule has 2 fully saturated rings. The predicted octanol–water partition coefficient (Wildman–Crippen LogP) is 4.34. The molecular formula is C28H31N5O. The van der Waals surface area contributed by atoms with E-state index in [9.17, 15) is 4.79 Å². The molecule has 3 aliphatic rings. The summed E-state index contributed by atoms with van der Waals surface area (Å²) in [6, 6.07) is 16.6. The Balaban J connectivity index is 1.18. The van der Waals surface area contributed by atoms with Crippen LogP contribution in [0.3, 0.4) is 0 Å². The van der Waals surface area contributed by atoms with Crippen LogP contribution in [-0.4, -0.2) is 57.5 Å². The number of hydrogen-bond donors (Lipinski definition) is 0. The number of fused-ring (bicyclic) bond motifs is 3. The van der Waals surface area contributed by atoms with E-state index in [1.165, 1.54) is 36.2 Å². The molecular weight excluding hydrogens is 422 g/mol. The van der Waals surface area contributed by atoms with Crippen molar-refractivity contribution in [3.8, 4) is 6.07 Å². The Morgan fingerprint density at radius 2 is 1.82 bits per heavy atom. The highest BCUT2D eigenvalue weighted by Gasteiger charge is 2.28. The van der Waals surface area contributed by atoms with Crippen molar-refractivity contribution >= 4 is 16.9 Å². The van der Waals surface area contributed by atoms with Crippen molar-refractivity contribution in [2.45, 2.75) is 57.0 Å². The molecule has 1 aliphatic carbocycles. The summed E-state index contributed by atoms with van der Waals surface area (Å²) in [5, 5.41) is 9.01. The predicted molar refractivity (Wildman–Crippen MR) is 132 cm³/mol. The Hall–Kier alpha value is -3.17. The highest BCUT2D eigenvalue weighted by molar-refractivity contribution is 5.94. The number of nitrogens with zero attached hydrogens (tertiary/aromatic N) is 5. The molecule has 34 heavy (non-hydrogen) atoms. The fourth-order valence-electron chi connectivity index (χ4n) is 5.90. The van der Waals surface area contributed by atoms with Crippen LogP contribution in [0.5, 0.6) is 0 Å². The lowest BCUT2D eigenvalue weighted by Crippen LogP contribution is -2.41. The molecule has 1 saturated heterocycles. The minimum atomic E-state index is 0.0555. The number of imidazole rings is 1. The number of carbonyl (C=O) groups excluding carboxylic acids is 1. The maximum atomic E-state index is 13.1. The van der Waals surface area contributed by atoms with E-state index >= 15 is 0 Å². The zero-order chi connectivity index (χ0) is 23.1. The van der Waals surface area contributed by atoms with E-state index in [-0.39, 0.29) is 5.91 Å². The van der Waals surface area contributed by atoms with Crippen LogP contribution in [0.2, 0.25) is 0 Å². The Morgan fingerprint density at radius 3 is 2.59 bits per heavy atom. The summed E-state index contributed by atoms with van der Waals surface area (Å²) >= 11 is 0. The van der Waals surface area contributed by atoms with E-state index < -0.39 is 0 Å². The number of likely N-dealkylation sites (tertiary alicyclic amines) is 1. The van der Waals surface area contributed by atoms with E-state index in [0.29, 0.717) is 17.0 Å². The summed E-state index contributed by atoms with van der Waals surface area (Å²) in [6.45, 7) is 4.79. The zero-order valence-electron chi connectivity index (χ0n) is 19.6. The lowest BCUT2D eigenvalue weighted by Gasteiger charge is -2.36. The normalized spacial score (nSPS) is 21.5. The molecule has 1 aromatic heterocycles. The van der Waals surface area contributed by atoms with Gasteiger partial charge >= 0.3 is 0 Å². The molecule has 1 unspecified atom stereocenters. The first-order valence-electron chi connectivity index (χ1n) is 12.7. The van der Waals surface area contributed by atoms with Gasteiger partial charge in [0.25, 0.3) is 5.91 Å². The minimum absolute atomic E-state index is 0.0555.